The monoisotopic (exact) mass is 323 g/mol. The molecule has 0 aromatic heterocycles. The number of nitrogens with two attached hydrogens (primary N) is 1. The molecule has 0 unspecified atom stereocenters. The first-order valence-corrected chi connectivity index (χ1v) is 7.68. The van der Waals surface area contributed by atoms with Crippen molar-refractivity contribution in [3.05, 3.63) is 35.4 Å². The van der Waals surface area contributed by atoms with Crippen molar-refractivity contribution >= 4 is 5.96 Å². The van der Waals surface area contributed by atoms with E-state index in [-0.39, 0.29) is 6.54 Å². The van der Waals surface area contributed by atoms with E-state index < -0.39 is 11.7 Å². The second-order valence-electron chi connectivity index (χ2n) is 5.45. The van der Waals surface area contributed by atoms with Crippen LogP contribution in [0.2, 0.25) is 0 Å². The molecule has 1 fully saturated rings. The average molecular weight is 323 g/mol. The van der Waals surface area contributed by atoms with Gasteiger partial charge in [0.1, 0.15) is 6.54 Å². The number of alkyl halides is 3. The predicted molar refractivity (Wildman–Crippen MR) is 84.9 cm³/mol. The maximum Gasteiger partial charge on any atom is 0.416 e. The van der Waals surface area contributed by atoms with E-state index in [9.17, 15) is 13.2 Å². The zero-order chi connectivity index (χ0) is 16.7. The molecule has 1 aliphatic heterocycles. The molecular weight excluding hydrogens is 303 g/mol. The lowest BCUT2D eigenvalue weighted by atomic mass is 10.1. The number of hydrogen-bond acceptors (Lipinski definition) is 1. The lowest BCUT2D eigenvalue weighted by molar-refractivity contribution is -0.137. The summed E-state index contributed by atoms with van der Waals surface area (Å²) in [5.41, 5.74) is 5.80. The quantitative estimate of drug-likeness (QED) is 0.490. The smallest absolute Gasteiger partial charge is 0.370 e. The molecule has 0 saturated carbocycles. The normalized spacial score (nSPS) is 16.5. The van der Waals surface area contributed by atoms with Crippen molar-refractivity contribution in [3.63, 3.8) is 0 Å². The number of likely N-dealkylation sites (tertiary alicyclic amines) is 1. The molecule has 2 N–H and O–H groups in total. The molecule has 1 saturated heterocycles. The summed E-state index contributed by atoms with van der Waals surface area (Å²) in [5.74, 6) is 6.11. The van der Waals surface area contributed by atoms with Crippen LogP contribution in [-0.4, -0.2) is 30.5 Å². The summed E-state index contributed by atoms with van der Waals surface area (Å²) in [6.45, 7) is 2.08. The molecule has 0 amide bonds. The maximum atomic E-state index is 12.4. The molecule has 23 heavy (non-hydrogen) atoms. The van der Waals surface area contributed by atoms with Crippen LogP contribution in [0.15, 0.2) is 29.3 Å². The van der Waals surface area contributed by atoms with Crippen molar-refractivity contribution in [1.29, 1.82) is 0 Å². The molecule has 1 aromatic rings. The minimum atomic E-state index is -4.32. The third-order valence-corrected chi connectivity index (χ3v) is 3.70. The van der Waals surface area contributed by atoms with Gasteiger partial charge in [-0.25, -0.2) is 4.99 Å². The molecule has 1 aromatic carbocycles. The Balaban J connectivity index is 1.90. The molecule has 1 heterocycles. The number of halogens is 3. The van der Waals surface area contributed by atoms with Crippen molar-refractivity contribution in [1.82, 2.24) is 4.90 Å². The molecule has 1 aliphatic rings. The van der Waals surface area contributed by atoms with Crippen LogP contribution in [0.1, 0.15) is 36.8 Å². The van der Waals surface area contributed by atoms with Gasteiger partial charge in [-0.3, -0.25) is 0 Å². The van der Waals surface area contributed by atoms with Gasteiger partial charge in [0.2, 0.25) is 0 Å². The fourth-order valence-electron chi connectivity index (χ4n) is 2.40. The summed E-state index contributed by atoms with van der Waals surface area (Å²) >= 11 is 0. The summed E-state index contributed by atoms with van der Waals surface area (Å²) in [5, 5.41) is 0. The van der Waals surface area contributed by atoms with E-state index in [1.165, 1.54) is 25.0 Å². The highest BCUT2D eigenvalue weighted by Gasteiger charge is 2.29. The summed E-state index contributed by atoms with van der Waals surface area (Å²) in [4.78, 5) is 6.29. The van der Waals surface area contributed by atoms with Gasteiger partial charge < -0.3 is 10.6 Å². The largest absolute Gasteiger partial charge is 0.416 e. The second-order valence-corrected chi connectivity index (χ2v) is 5.45. The van der Waals surface area contributed by atoms with Gasteiger partial charge in [0.05, 0.1) is 5.56 Å². The van der Waals surface area contributed by atoms with E-state index in [2.05, 4.69) is 21.7 Å². The van der Waals surface area contributed by atoms with Crippen molar-refractivity contribution in [3.8, 4) is 11.8 Å². The second kappa shape index (κ2) is 7.91. The minimum Gasteiger partial charge on any atom is -0.370 e. The Hall–Kier alpha value is -2.16. The summed E-state index contributed by atoms with van der Waals surface area (Å²) in [6.07, 6.45) is 0.355. The summed E-state index contributed by atoms with van der Waals surface area (Å²) < 4.78 is 37.3. The van der Waals surface area contributed by atoms with E-state index in [0.29, 0.717) is 11.5 Å². The third kappa shape index (κ3) is 5.51. The minimum absolute atomic E-state index is 0.239. The van der Waals surface area contributed by atoms with Crippen molar-refractivity contribution in [2.45, 2.75) is 31.9 Å². The number of guanidine groups is 1. The van der Waals surface area contributed by atoms with Gasteiger partial charge >= 0.3 is 6.18 Å². The SMILES string of the molecule is NC(=NCC#Cc1ccc(C(F)(F)F)cc1)N1CCCCCC1. The number of aliphatic imine (C=N–C) groups is 1. The molecule has 0 aliphatic carbocycles. The molecule has 0 bridgehead atoms. The number of hydrogen-bond donors (Lipinski definition) is 1. The van der Waals surface area contributed by atoms with Gasteiger partial charge in [-0.2, -0.15) is 13.2 Å². The molecule has 0 radical (unpaired) electrons. The zero-order valence-electron chi connectivity index (χ0n) is 12.9. The Labute approximate surface area is 134 Å². The first-order valence-electron chi connectivity index (χ1n) is 7.68. The van der Waals surface area contributed by atoms with Crippen molar-refractivity contribution in [2.24, 2.45) is 10.7 Å². The third-order valence-electron chi connectivity index (χ3n) is 3.70. The summed E-state index contributed by atoms with van der Waals surface area (Å²) in [7, 11) is 0. The fourth-order valence-corrected chi connectivity index (χ4v) is 2.40. The van der Waals surface area contributed by atoms with Crippen LogP contribution in [-0.2, 0) is 6.18 Å². The highest BCUT2D eigenvalue weighted by atomic mass is 19.4. The highest BCUT2D eigenvalue weighted by molar-refractivity contribution is 5.78. The molecule has 3 nitrogen and oxygen atoms in total. The molecule has 0 spiro atoms. The van der Waals surface area contributed by atoms with E-state index in [0.717, 1.165) is 38.1 Å². The van der Waals surface area contributed by atoms with Gasteiger partial charge in [0, 0.05) is 18.7 Å². The molecular formula is C17H20F3N3. The van der Waals surface area contributed by atoms with Crippen LogP contribution in [0.4, 0.5) is 13.2 Å². The Morgan fingerprint density at radius 2 is 1.70 bits per heavy atom. The van der Waals surface area contributed by atoms with Gasteiger partial charge in [0.15, 0.2) is 5.96 Å². The van der Waals surface area contributed by atoms with E-state index in [4.69, 9.17) is 5.73 Å². The lowest BCUT2D eigenvalue weighted by Crippen LogP contribution is -2.38. The highest BCUT2D eigenvalue weighted by Crippen LogP contribution is 2.28. The van der Waals surface area contributed by atoms with E-state index >= 15 is 0 Å². The first kappa shape index (κ1) is 17.2. The Morgan fingerprint density at radius 1 is 1.09 bits per heavy atom. The van der Waals surface area contributed by atoms with Gasteiger partial charge in [-0.1, -0.05) is 24.7 Å². The molecule has 2 rings (SSSR count). The Kier molecular flexibility index (Phi) is 5.91. The van der Waals surface area contributed by atoms with Crippen LogP contribution >= 0.6 is 0 Å². The van der Waals surface area contributed by atoms with Gasteiger partial charge in [-0.15, -0.1) is 0 Å². The van der Waals surface area contributed by atoms with Crippen LogP contribution in [0.3, 0.4) is 0 Å². The maximum absolute atomic E-state index is 12.4. The topological polar surface area (TPSA) is 41.6 Å². The van der Waals surface area contributed by atoms with Crippen LogP contribution in [0, 0.1) is 11.8 Å². The first-order chi connectivity index (χ1) is 11.0. The lowest BCUT2D eigenvalue weighted by Gasteiger charge is -2.20. The van der Waals surface area contributed by atoms with E-state index in [1.807, 2.05) is 0 Å². The average Bonchev–Trinajstić information content (AvgIpc) is 2.80. The zero-order valence-corrected chi connectivity index (χ0v) is 12.9. The van der Waals surface area contributed by atoms with Gasteiger partial charge in [-0.05, 0) is 37.1 Å². The predicted octanol–water partition coefficient (Wildman–Crippen LogP) is 3.25. The Bertz CT molecular complexity index is 586. The number of benzene rings is 1. The van der Waals surface area contributed by atoms with Gasteiger partial charge in [0.25, 0.3) is 0 Å². The molecule has 0 atom stereocenters. The van der Waals surface area contributed by atoms with Crippen LogP contribution in [0.25, 0.3) is 0 Å². The van der Waals surface area contributed by atoms with Crippen LogP contribution < -0.4 is 5.73 Å². The summed E-state index contributed by atoms with van der Waals surface area (Å²) in [6, 6.07) is 4.77. The van der Waals surface area contributed by atoms with Crippen LogP contribution in [0.5, 0.6) is 0 Å². The number of rotatable bonds is 1. The van der Waals surface area contributed by atoms with Crippen molar-refractivity contribution < 1.29 is 13.2 Å². The fraction of sp³-hybridized carbons (Fsp3) is 0.471. The molecule has 6 heteroatoms. The number of nitrogens with zero attached hydrogens (tertiary/aromatic N) is 2. The van der Waals surface area contributed by atoms with Crippen molar-refractivity contribution in [2.75, 3.05) is 19.6 Å². The standard InChI is InChI=1S/C17H20F3N3/c18-17(19,20)15-9-7-14(8-10-15)6-5-11-22-16(21)23-12-3-1-2-4-13-23/h7-10H,1-4,11-13H2,(H2,21,22). The van der Waals surface area contributed by atoms with E-state index in [1.54, 1.807) is 0 Å². The molecule has 124 valence electrons. The Morgan fingerprint density at radius 3 is 2.26 bits per heavy atom.